The summed E-state index contributed by atoms with van der Waals surface area (Å²) >= 11 is 6.54. The number of alkyl halides is 3. The average molecular weight is 553 g/mol. The number of aromatic amines is 1. The molecule has 5 nitrogen and oxygen atoms in total. The van der Waals surface area contributed by atoms with E-state index in [4.69, 9.17) is 17.3 Å². The molecule has 0 atom stereocenters. The van der Waals surface area contributed by atoms with Crippen molar-refractivity contribution < 1.29 is 27.9 Å². The number of hydrogen-bond acceptors (Lipinski definition) is 4. The third-order valence-corrected chi connectivity index (χ3v) is 7.57. The van der Waals surface area contributed by atoms with Gasteiger partial charge < -0.3 is 10.1 Å². The zero-order valence-electron chi connectivity index (χ0n) is 19.6. The zero-order valence-corrected chi connectivity index (χ0v) is 21.2. The molecule has 0 spiro atoms. The smallest absolute Gasteiger partial charge is 0.417 e. The maximum atomic E-state index is 13.9. The summed E-state index contributed by atoms with van der Waals surface area (Å²) in [7, 11) is 0. The maximum Gasteiger partial charge on any atom is 0.417 e. The fourth-order valence-corrected chi connectivity index (χ4v) is 5.58. The average Bonchev–Trinajstić information content (AvgIpc) is 3.45. The summed E-state index contributed by atoms with van der Waals surface area (Å²) in [5.74, 6) is -1.29. The number of nitrogens with one attached hydrogen (secondary N) is 1. The minimum Gasteiger partial charge on any atom is -0.478 e. The molecular weight excluding hydrogens is 533 g/mol. The molecule has 2 N–H and O–H groups in total. The van der Waals surface area contributed by atoms with E-state index < -0.39 is 17.7 Å². The Bertz CT molecular complexity index is 1610. The minimum absolute atomic E-state index is 0.0568. The van der Waals surface area contributed by atoms with E-state index in [2.05, 4.69) is 4.98 Å². The molecule has 3 aromatic carbocycles. The Labute approximate surface area is 225 Å². The van der Waals surface area contributed by atoms with E-state index in [0.29, 0.717) is 44.2 Å². The summed E-state index contributed by atoms with van der Waals surface area (Å²) in [5.41, 5.74) is 1.72. The van der Waals surface area contributed by atoms with Crippen LogP contribution in [0.25, 0.3) is 28.1 Å². The number of aromatic carboxylic acids is 1. The number of carbonyl (C=O) groups is 2. The molecule has 192 valence electrons. The lowest BCUT2D eigenvalue weighted by atomic mass is 9.96. The van der Waals surface area contributed by atoms with Crippen LogP contribution in [0.4, 0.5) is 13.2 Å². The van der Waals surface area contributed by atoms with Crippen molar-refractivity contribution in [1.29, 1.82) is 0 Å². The summed E-state index contributed by atoms with van der Waals surface area (Å²) in [5, 5.41) is 9.70. The monoisotopic (exact) mass is 552 g/mol. The fraction of sp³-hybridized carbons (Fsp3) is 0.107. The number of fused-ring (bicyclic) bond motifs is 1. The quantitative estimate of drug-likeness (QED) is 0.199. The highest BCUT2D eigenvalue weighted by Crippen LogP contribution is 2.40. The van der Waals surface area contributed by atoms with Gasteiger partial charge in [0, 0.05) is 18.3 Å². The van der Waals surface area contributed by atoms with Crippen LogP contribution in [0.3, 0.4) is 0 Å². The lowest BCUT2D eigenvalue weighted by molar-refractivity contribution is -0.137. The van der Waals surface area contributed by atoms with E-state index in [1.807, 2.05) is 0 Å². The van der Waals surface area contributed by atoms with Crippen LogP contribution in [0.15, 0.2) is 77.8 Å². The maximum absolute atomic E-state index is 13.9. The summed E-state index contributed by atoms with van der Waals surface area (Å²) in [6.07, 6.45) is -0.831. The molecule has 1 fully saturated rings. The van der Waals surface area contributed by atoms with Gasteiger partial charge in [-0.25, -0.2) is 4.79 Å². The molecule has 10 heteroatoms. The van der Waals surface area contributed by atoms with E-state index in [1.54, 1.807) is 54.7 Å². The molecule has 0 bridgehead atoms. The molecule has 1 saturated heterocycles. The van der Waals surface area contributed by atoms with E-state index in [9.17, 15) is 22.8 Å². The number of halogens is 3. The summed E-state index contributed by atoms with van der Waals surface area (Å²) < 4.78 is 42.0. The Hall–Kier alpha value is -3.89. The third-order valence-electron chi connectivity index (χ3n) is 6.19. The Morgan fingerprint density at radius 1 is 1.08 bits per heavy atom. The van der Waals surface area contributed by atoms with Gasteiger partial charge in [-0.1, -0.05) is 54.3 Å². The summed E-state index contributed by atoms with van der Waals surface area (Å²) in [4.78, 5) is 28.8. The van der Waals surface area contributed by atoms with Crippen LogP contribution >= 0.6 is 24.0 Å². The molecule has 1 aromatic heterocycles. The van der Waals surface area contributed by atoms with Crippen molar-refractivity contribution in [2.45, 2.75) is 12.6 Å². The molecule has 2 heterocycles. The largest absolute Gasteiger partial charge is 0.478 e. The van der Waals surface area contributed by atoms with Gasteiger partial charge in [-0.2, -0.15) is 13.2 Å². The third kappa shape index (κ3) is 5.23. The first-order valence-corrected chi connectivity index (χ1v) is 12.7. The van der Waals surface area contributed by atoms with Crippen LogP contribution < -0.4 is 0 Å². The summed E-state index contributed by atoms with van der Waals surface area (Å²) in [6.45, 7) is 0.320. The second-order valence-electron chi connectivity index (χ2n) is 8.67. The number of aromatic nitrogens is 1. The normalized spacial score (nSPS) is 15.1. The molecule has 1 aliphatic rings. The Kier molecular flexibility index (Phi) is 6.85. The van der Waals surface area contributed by atoms with Gasteiger partial charge in [0.1, 0.15) is 4.32 Å². The molecule has 0 unspecified atom stereocenters. The van der Waals surface area contributed by atoms with Crippen LogP contribution in [0.1, 0.15) is 27.0 Å². The number of nitrogens with zero attached hydrogens (tertiary/aromatic N) is 1. The topological polar surface area (TPSA) is 73.4 Å². The van der Waals surface area contributed by atoms with Crippen LogP contribution in [0.5, 0.6) is 0 Å². The Morgan fingerprint density at radius 2 is 1.84 bits per heavy atom. The van der Waals surface area contributed by atoms with Gasteiger partial charge in [-0.15, -0.1) is 0 Å². The minimum atomic E-state index is -4.54. The van der Waals surface area contributed by atoms with Crippen molar-refractivity contribution in [2.75, 3.05) is 6.54 Å². The van der Waals surface area contributed by atoms with E-state index in [0.717, 1.165) is 23.4 Å². The molecule has 0 saturated carbocycles. The van der Waals surface area contributed by atoms with Gasteiger partial charge in [-0.05, 0) is 76.5 Å². The zero-order chi connectivity index (χ0) is 27.0. The number of rotatable bonds is 6. The highest BCUT2D eigenvalue weighted by molar-refractivity contribution is 8.26. The van der Waals surface area contributed by atoms with Gasteiger partial charge in [0.25, 0.3) is 5.91 Å². The van der Waals surface area contributed by atoms with Crippen LogP contribution in [0.2, 0.25) is 0 Å². The number of carbonyl (C=O) groups excluding carboxylic acids is 1. The predicted octanol–water partition coefficient (Wildman–Crippen LogP) is 7.00. The lowest BCUT2D eigenvalue weighted by Crippen LogP contribution is -2.30. The van der Waals surface area contributed by atoms with Gasteiger partial charge in [0.15, 0.2) is 0 Å². The molecule has 4 aromatic rings. The van der Waals surface area contributed by atoms with Crippen LogP contribution in [0, 0.1) is 0 Å². The first-order chi connectivity index (χ1) is 18.1. The van der Waals surface area contributed by atoms with Crippen molar-refractivity contribution >= 4 is 57.2 Å². The number of H-pyrrole nitrogens is 1. The molecule has 0 radical (unpaired) electrons. The van der Waals surface area contributed by atoms with Gasteiger partial charge in [0.2, 0.25) is 0 Å². The predicted molar refractivity (Wildman–Crippen MR) is 146 cm³/mol. The van der Waals surface area contributed by atoms with Gasteiger partial charge in [0.05, 0.1) is 16.0 Å². The van der Waals surface area contributed by atoms with Gasteiger partial charge in [-0.3, -0.25) is 9.69 Å². The molecule has 5 rings (SSSR count). The number of carboxylic acids is 1. The van der Waals surface area contributed by atoms with E-state index in [-0.39, 0.29) is 17.0 Å². The number of benzene rings is 3. The van der Waals surface area contributed by atoms with Crippen molar-refractivity contribution in [2.24, 2.45) is 0 Å². The molecule has 38 heavy (non-hydrogen) atoms. The molecule has 1 amide bonds. The number of thioether (sulfide) groups is 1. The summed E-state index contributed by atoms with van der Waals surface area (Å²) in [6, 6.07) is 17.4. The van der Waals surface area contributed by atoms with Crippen molar-refractivity contribution in [3.63, 3.8) is 0 Å². The number of carboxylic acid groups (broad SMARTS) is 1. The fourth-order valence-electron chi connectivity index (χ4n) is 4.27. The van der Waals surface area contributed by atoms with Crippen molar-refractivity contribution in [1.82, 2.24) is 9.88 Å². The highest BCUT2D eigenvalue weighted by Gasteiger charge is 2.34. The highest BCUT2D eigenvalue weighted by atomic mass is 32.2. The Balaban J connectivity index is 1.38. The Morgan fingerprint density at radius 3 is 2.55 bits per heavy atom. The first-order valence-electron chi connectivity index (χ1n) is 11.5. The van der Waals surface area contributed by atoms with E-state index in [1.165, 1.54) is 23.1 Å². The standard InChI is InChI=1S/C28H19F3N2O3S2/c29-28(30,31)22-15-23-20(8-10-32-23)14-21(22)19-3-1-2-17(12-19)13-24-25(34)33(27(37)38-24)11-9-16-4-6-18(7-5-16)26(35)36/h1-8,10,12-15,32H,9,11H2,(H,35,36). The van der Waals surface area contributed by atoms with Crippen LogP contribution in [-0.4, -0.2) is 37.7 Å². The second-order valence-corrected chi connectivity index (χ2v) is 10.3. The van der Waals surface area contributed by atoms with Crippen molar-refractivity contribution in [3.05, 3.63) is 100 Å². The van der Waals surface area contributed by atoms with Crippen molar-refractivity contribution in [3.8, 4) is 11.1 Å². The first kappa shape index (κ1) is 25.7. The second kappa shape index (κ2) is 10.1. The SMILES string of the molecule is O=C(O)c1ccc(CCN2C(=O)C(=Cc3cccc(-c4cc5cc[nH]c5cc4C(F)(F)F)c3)SC2=S)cc1. The number of thiocarbonyl (C=S) groups is 1. The number of amides is 1. The lowest BCUT2D eigenvalue weighted by Gasteiger charge is -2.14. The number of hydrogen-bond donors (Lipinski definition) is 2. The molecule has 0 aliphatic carbocycles. The van der Waals surface area contributed by atoms with Gasteiger partial charge >= 0.3 is 12.1 Å². The molecule has 1 aliphatic heterocycles. The van der Waals surface area contributed by atoms with E-state index >= 15 is 0 Å². The van der Waals surface area contributed by atoms with Crippen LogP contribution in [-0.2, 0) is 17.4 Å². The molecular formula is C28H19F3N2O3S2.